The molecule has 0 atom stereocenters. The molecule has 0 aliphatic carbocycles. The molecule has 2 aromatic rings. The average molecular weight is 345 g/mol. The number of nitrogens with two attached hydrogens (primary N) is 1. The van der Waals surface area contributed by atoms with Gasteiger partial charge in [0.2, 0.25) is 0 Å². The van der Waals surface area contributed by atoms with Crippen molar-refractivity contribution in [2.24, 2.45) is 12.8 Å². The summed E-state index contributed by atoms with van der Waals surface area (Å²) in [7, 11) is 3.26. The zero-order valence-corrected chi connectivity index (χ0v) is 14.7. The van der Waals surface area contributed by atoms with Crippen molar-refractivity contribution in [2.75, 3.05) is 38.3 Å². The Morgan fingerprint density at radius 1 is 1.40 bits per heavy atom. The summed E-state index contributed by atoms with van der Waals surface area (Å²) in [6.45, 7) is 4.51. The molecule has 0 amide bonds. The normalized spacial score (nSPS) is 14.5. The SMILES string of the molecule is COC(=O)c1cc(C)nc(-c2cnn(C)c2N2CC(OCCN)C2)c1. The number of anilines is 1. The Balaban J connectivity index is 1.88. The van der Waals surface area contributed by atoms with E-state index in [4.69, 9.17) is 15.2 Å². The highest BCUT2D eigenvalue weighted by molar-refractivity contribution is 5.91. The highest BCUT2D eigenvalue weighted by Crippen LogP contribution is 2.33. The van der Waals surface area contributed by atoms with Crippen LogP contribution in [0.1, 0.15) is 16.1 Å². The number of rotatable bonds is 6. The van der Waals surface area contributed by atoms with E-state index in [1.807, 2.05) is 18.7 Å². The highest BCUT2D eigenvalue weighted by atomic mass is 16.5. The number of hydrogen-bond acceptors (Lipinski definition) is 7. The summed E-state index contributed by atoms with van der Waals surface area (Å²) in [5.41, 5.74) is 8.29. The van der Waals surface area contributed by atoms with Crippen LogP contribution in [0, 0.1) is 6.92 Å². The minimum atomic E-state index is -0.378. The first-order chi connectivity index (χ1) is 12.0. The van der Waals surface area contributed by atoms with Gasteiger partial charge in [-0.15, -0.1) is 0 Å². The molecule has 0 radical (unpaired) electrons. The minimum Gasteiger partial charge on any atom is -0.465 e. The molecule has 3 heterocycles. The lowest BCUT2D eigenvalue weighted by Crippen LogP contribution is -2.53. The van der Waals surface area contributed by atoms with E-state index >= 15 is 0 Å². The van der Waals surface area contributed by atoms with Gasteiger partial charge < -0.3 is 20.1 Å². The third-order valence-electron chi connectivity index (χ3n) is 4.18. The van der Waals surface area contributed by atoms with Gasteiger partial charge in [-0.3, -0.25) is 9.67 Å². The van der Waals surface area contributed by atoms with Crippen molar-refractivity contribution in [2.45, 2.75) is 13.0 Å². The van der Waals surface area contributed by atoms with E-state index in [0.29, 0.717) is 24.4 Å². The summed E-state index contributed by atoms with van der Waals surface area (Å²) in [6, 6.07) is 3.45. The summed E-state index contributed by atoms with van der Waals surface area (Å²) in [5.74, 6) is 0.581. The van der Waals surface area contributed by atoms with Crippen LogP contribution in [0.2, 0.25) is 0 Å². The van der Waals surface area contributed by atoms with Crippen molar-refractivity contribution in [1.82, 2.24) is 14.8 Å². The molecule has 0 aromatic carbocycles. The first-order valence-electron chi connectivity index (χ1n) is 8.19. The van der Waals surface area contributed by atoms with E-state index in [1.54, 1.807) is 18.3 Å². The predicted octanol–water partition coefficient (Wildman–Crippen LogP) is 0.741. The van der Waals surface area contributed by atoms with E-state index in [9.17, 15) is 4.79 Å². The number of nitrogens with zero attached hydrogens (tertiary/aromatic N) is 4. The van der Waals surface area contributed by atoms with E-state index < -0.39 is 0 Å². The van der Waals surface area contributed by atoms with Crippen LogP contribution in [0.15, 0.2) is 18.3 Å². The standard InChI is InChI=1S/C17H23N5O3/c1-11-6-12(17(23)24-3)7-15(20-11)14-8-19-21(2)16(14)22-9-13(10-22)25-5-4-18/h6-8,13H,4-5,9-10,18H2,1-3H3. The van der Waals surface area contributed by atoms with Crippen LogP contribution in [-0.4, -0.2) is 60.2 Å². The molecule has 2 N–H and O–H groups in total. The Kier molecular flexibility index (Phi) is 5.00. The van der Waals surface area contributed by atoms with Crippen LogP contribution in [0.3, 0.4) is 0 Å². The fourth-order valence-corrected chi connectivity index (χ4v) is 2.98. The van der Waals surface area contributed by atoms with Gasteiger partial charge in [0.15, 0.2) is 0 Å². The topological polar surface area (TPSA) is 95.5 Å². The van der Waals surface area contributed by atoms with E-state index in [1.165, 1.54) is 7.11 Å². The van der Waals surface area contributed by atoms with Gasteiger partial charge in [0, 0.05) is 32.4 Å². The summed E-state index contributed by atoms with van der Waals surface area (Å²) >= 11 is 0. The Bertz CT molecular complexity index is 768. The second kappa shape index (κ2) is 7.20. The van der Waals surface area contributed by atoms with Gasteiger partial charge in [-0.25, -0.2) is 4.79 Å². The molecular formula is C17H23N5O3. The number of carbonyl (C=O) groups is 1. The van der Waals surface area contributed by atoms with Gasteiger partial charge in [0.25, 0.3) is 0 Å². The molecular weight excluding hydrogens is 322 g/mol. The number of carbonyl (C=O) groups excluding carboxylic acids is 1. The monoisotopic (exact) mass is 345 g/mol. The van der Waals surface area contributed by atoms with E-state index in [-0.39, 0.29) is 12.1 Å². The lowest BCUT2D eigenvalue weighted by atomic mass is 10.1. The number of pyridine rings is 1. The maximum Gasteiger partial charge on any atom is 0.337 e. The first kappa shape index (κ1) is 17.4. The molecule has 25 heavy (non-hydrogen) atoms. The number of esters is 1. The quantitative estimate of drug-likeness (QED) is 0.772. The number of hydrogen-bond donors (Lipinski definition) is 1. The molecule has 3 rings (SSSR count). The highest BCUT2D eigenvalue weighted by Gasteiger charge is 2.31. The molecule has 0 spiro atoms. The van der Waals surface area contributed by atoms with Crippen molar-refractivity contribution in [3.63, 3.8) is 0 Å². The molecule has 0 saturated carbocycles. The Morgan fingerprint density at radius 3 is 2.84 bits per heavy atom. The number of aryl methyl sites for hydroxylation is 2. The molecule has 1 aliphatic rings. The molecule has 1 saturated heterocycles. The van der Waals surface area contributed by atoms with Crippen LogP contribution in [0.5, 0.6) is 0 Å². The fourth-order valence-electron chi connectivity index (χ4n) is 2.98. The number of aromatic nitrogens is 3. The van der Waals surface area contributed by atoms with Gasteiger partial charge in [0.1, 0.15) is 5.82 Å². The summed E-state index contributed by atoms with van der Waals surface area (Å²) < 4.78 is 12.3. The maximum atomic E-state index is 11.9. The Labute approximate surface area is 146 Å². The van der Waals surface area contributed by atoms with Crippen LogP contribution >= 0.6 is 0 Å². The van der Waals surface area contributed by atoms with Crippen molar-refractivity contribution in [1.29, 1.82) is 0 Å². The summed E-state index contributed by atoms with van der Waals surface area (Å²) in [4.78, 5) is 18.6. The summed E-state index contributed by atoms with van der Waals surface area (Å²) in [5, 5.41) is 4.37. The van der Waals surface area contributed by atoms with E-state index in [0.717, 1.165) is 30.2 Å². The number of ether oxygens (including phenoxy) is 2. The van der Waals surface area contributed by atoms with Gasteiger partial charge in [-0.1, -0.05) is 0 Å². The fraction of sp³-hybridized carbons (Fsp3) is 0.471. The van der Waals surface area contributed by atoms with Crippen LogP contribution < -0.4 is 10.6 Å². The predicted molar refractivity (Wildman–Crippen MR) is 93.5 cm³/mol. The molecule has 8 nitrogen and oxygen atoms in total. The number of methoxy groups -OCH3 is 1. The summed E-state index contributed by atoms with van der Waals surface area (Å²) in [6.07, 6.45) is 1.95. The molecule has 1 fully saturated rings. The Hall–Kier alpha value is -2.45. The lowest BCUT2D eigenvalue weighted by Gasteiger charge is -2.40. The second-order valence-corrected chi connectivity index (χ2v) is 6.07. The zero-order valence-electron chi connectivity index (χ0n) is 14.7. The molecule has 8 heteroatoms. The van der Waals surface area contributed by atoms with Gasteiger partial charge in [0.05, 0.1) is 42.8 Å². The van der Waals surface area contributed by atoms with Crippen molar-refractivity contribution in [3.8, 4) is 11.3 Å². The van der Waals surface area contributed by atoms with Crippen LogP contribution in [-0.2, 0) is 16.5 Å². The average Bonchev–Trinajstić information content (AvgIpc) is 2.94. The van der Waals surface area contributed by atoms with Crippen molar-refractivity contribution >= 4 is 11.8 Å². The Morgan fingerprint density at radius 2 is 2.16 bits per heavy atom. The third-order valence-corrected chi connectivity index (χ3v) is 4.18. The molecule has 0 bridgehead atoms. The maximum absolute atomic E-state index is 11.9. The van der Waals surface area contributed by atoms with Crippen molar-refractivity contribution in [3.05, 3.63) is 29.6 Å². The molecule has 1 aliphatic heterocycles. The van der Waals surface area contributed by atoms with Gasteiger partial charge in [-0.05, 0) is 19.1 Å². The van der Waals surface area contributed by atoms with Crippen LogP contribution in [0.4, 0.5) is 5.82 Å². The second-order valence-electron chi connectivity index (χ2n) is 6.07. The lowest BCUT2D eigenvalue weighted by molar-refractivity contribution is 0.0387. The molecule has 134 valence electrons. The molecule has 2 aromatic heterocycles. The molecule has 0 unspecified atom stereocenters. The largest absolute Gasteiger partial charge is 0.465 e. The van der Waals surface area contributed by atoms with Crippen molar-refractivity contribution < 1.29 is 14.3 Å². The first-order valence-corrected chi connectivity index (χ1v) is 8.19. The van der Waals surface area contributed by atoms with Crippen LogP contribution in [0.25, 0.3) is 11.3 Å². The van der Waals surface area contributed by atoms with E-state index in [2.05, 4.69) is 15.0 Å². The van der Waals surface area contributed by atoms with Gasteiger partial charge >= 0.3 is 5.97 Å². The third kappa shape index (κ3) is 3.49. The zero-order chi connectivity index (χ0) is 18.0. The minimum absolute atomic E-state index is 0.183. The smallest absolute Gasteiger partial charge is 0.337 e. The van der Waals surface area contributed by atoms with Gasteiger partial charge in [-0.2, -0.15) is 5.10 Å².